The lowest BCUT2D eigenvalue weighted by molar-refractivity contribution is 0.291. The number of rotatable bonds is 4. The highest BCUT2D eigenvalue weighted by Crippen LogP contribution is 2.33. The molecule has 1 unspecified atom stereocenters. The highest BCUT2D eigenvalue weighted by atomic mass is 14.9. The largest absolute Gasteiger partial charge is 0.310 e. The fraction of sp³-hybridized carbons (Fsp3) is 0.684. The normalized spacial score (nSPS) is 19.4. The average Bonchev–Trinajstić information content (AvgIpc) is 2.35. The standard InChI is InChI=1S/C19H31N/c1-4-20-19(17-10-8-6-5-7-9-11-17)18-13-15(2)12-16(3)14-18/h12-14,17,19-20H,4-11H2,1-3H3. The monoisotopic (exact) mass is 273 g/mol. The van der Waals surface area contributed by atoms with Crippen LogP contribution < -0.4 is 5.32 Å². The van der Waals surface area contributed by atoms with Crippen LogP contribution in [0.5, 0.6) is 0 Å². The van der Waals surface area contributed by atoms with Gasteiger partial charge in [-0.15, -0.1) is 0 Å². The second-order valence-corrected chi connectivity index (χ2v) is 6.56. The molecule has 1 aliphatic rings. The van der Waals surface area contributed by atoms with Crippen molar-refractivity contribution >= 4 is 0 Å². The summed E-state index contributed by atoms with van der Waals surface area (Å²) in [7, 11) is 0. The van der Waals surface area contributed by atoms with Gasteiger partial charge in [0.05, 0.1) is 0 Å². The maximum absolute atomic E-state index is 3.77. The summed E-state index contributed by atoms with van der Waals surface area (Å²) in [6.07, 6.45) is 9.93. The van der Waals surface area contributed by atoms with Crippen LogP contribution in [0.1, 0.15) is 74.6 Å². The van der Waals surface area contributed by atoms with Gasteiger partial charge in [-0.1, -0.05) is 68.4 Å². The zero-order chi connectivity index (χ0) is 14.4. The van der Waals surface area contributed by atoms with Crippen molar-refractivity contribution in [2.75, 3.05) is 6.54 Å². The Balaban J connectivity index is 2.19. The smallest absolute Gasteiger partial charge is 0.0348 e. The predicted molar refractivity (Wildman–Crippen MR) is 88.1 cm³/mol. The highest BCUT2D eigenvalue weighted by Gasteiger charge is 2.23. The summed E-state index contributed by atoms with van der Waals surface area (Å²) in [5, 5.41) is 3.77. The van der Waals surface area contributed by atoms with Crippen LogP contribution in [0.4, 0.5) is 0 Å². The summed E-state index contributed by atoms with van der Waals surface area (Å²) < 4.78 is 0. The highest BCUT2D eigenvalue weighted by molar-refractivity contribution is 5.31. The van der Waals surface area contributed by atoms with Crippen molar-refractivity contribution in [1.82, 2.24) is 5.32 Å². The molecule has 0 aromatic heterocycles. The Morgan fingerprint density at radius 2 is 1.50 bits per heavy atom. The third-order valence-electron chi connectivity index (χ3n) is 4.65. The predicted octanol–water partition coefficient (Wildman–Crippen LogP) is 5.31. The molecular formula is C19H31N. The summed E-state index contributed by atoms with van der Waals surface area (Å²) in [6.45, 7) is 7.74. The van der Waals surface area contributed by atoms with Gasteiger partial charge in [-0.2, -0.15) is 0 Å². The maximum Gasteiger partial charge on any atom is 0.0348 e. The minimum Gasteiger partial charge on any atom is -0.310 e. The van der Waals surface area contributed by atoms with Gasteiger partial charge in [0.2, 0.25) is 0 Å². The van der Waals surface area contributed by atoms with E-state index >= 15 is 0 Å². The molecule has 112 valence electrons. The number of nitrogens with one attached hydrogen (secondary N) is 1. The molecule has 0 radical (unpaired) electrons. The second kappa shape index (κ2) is 7.83. The lowest BCUT2D eigenvalue weighted by Crippen LogP contribution is -2.29. The van der Waals surface area contributed by atoms with Crippen LogP contribution in [-0.2, 0) is 0 Å². The molecular weight excluding hydrogens is 242 g/mol. The third-order valence-corrected chi connectivity index (χ3v) is 4.65. The first-order chi connectivity index (χ1) is 9.70. The number of hydrogen-bond donors (Lipinski definition) is 1. The molecule has 1 aromatic rings. The van der Waals surface area contributed by atoms with Crippen molar-refractivity contribution < 1.29 is 0 Å². The lowest BCUT2D eigenvalue weighted by atomic mass is 9.82. The number of hydrogen-bond acceptors (Lipinski definition) is 1. The maximum atomic E-state index is 3.77. The molecule has 0 saturated heterocycles. The summed E-state index contributed by atoms with van der Waals surface area (Å²) in [4.78, 5) is 0. The van der Waals surface area contributed by atoms with Crippen LogP contribution >= 0.6 is 0 Å². The van der Waals surface area contributed by atoms with Gasteiger partial charge >= 0.3 is 0 Å². The van der Waals surface area contributed by atoms with Gasteiger partial charge in [-0.3, -0.25) is 0 Å². The van der Waals surface area contributed by atoms with Crippen LogP contribution in [0.25, 0.3) is 0 Å². The van der Waals surface area contributed by atoms with E-state index < -0.39 is 0 Å². The molecule has 1 fully saturated rings. The van der Waals surface area contributed by atoms with Crippen molar-refractivity contribution in [2.24, 2.45) is 5.92 Å². The summed E-state index contributed by atoms with van der Waals surface area (Å²) in [6, 6.07) is 7.61. The van der Waals surface area contributed by atoms with Crippen LogP contribution in [-0.4, -0.2) is 6.54 Å². The van der Waals surface area contributed by atoms with Crippen molar-refractivity contribution in [2.45, 2.75) is 71.8 Å². The molecule has 1 aliphatic carbocycles. The average molecular weight is 273 g/mol. The Morgan fingerprint density at radius 3 is 2.05 bits per heavy atom. The zero-order valence-electron chi connectivity index (χ0n) is 13.5. The van der Waals surface area contributed by atoms with Gasteiger partial charge in [0, 0.05) is 6.04 Å². The van der Waals surface area contributed by atoms with E-state index in [4.69, 9.17) is 0 Å². The Hall–Kier alpha value is -0.820. The van der Waals surface area contributed by atoms with Gasteiger partial charge in [0.15, 0.2) is 0 Å². The van der Waals surface area contributed by atoms with Crippen molar-refractivity contribution in [3.63, 3.8) is 0 Å². The van der Waals surface area contributed by atoms with E-state index in [1.54, 1.807) is 0 Å². The van der Waals surface area contributed by atoms with Crippen molar-refractivity contribution in [1.29, 1.82) is 0 Å². The molecule has 0 heterocycles. The molecule has 0 amide bonds. The third kappa shape index (κ3) is 4.34. The van der Waals surface area contributed by atoms with E-state index in [0.29, 0.717) is 6.04 Å². The molecule has 1 aromatic carbocycles. The Morgan fingerprint density at radius 1 is 0.950 bits per heavy atom. The van der Waals surface area contributed by atoms with E-state index in [1.165, 1.54) is 61.6 Å². The van der Waals surface area contributed by atoms with Gasteiger partial charge < -0.3 is 5.32 Å². The van der Waals surface area contributed by atoms with Gasteiger partial charge in [-0.25, -0.2) is 0 Å². The first kappa shape index (κ1) is 15.6. The fourth-order valence-electron chi connectivity index (χ4n) is 3.79. The Kier molecular flexibility index (Phi) is 6.09. The molecule has 1 heteroatoms. The summed E-state index contributed by atoms with van der Waals surface area (Å²) >= 11 is 0. The fourth-order valence-corrected chi connectivity index (χ4v) is 3.79. The molecule has 2 rings (SSSR count). The first-order valence-electron chi connectivity index (χ1n) is 8.52. The van der Waals surface area contributed by atoms with E-state index in [2.05, 4.69) is 44.3 Å². The van der Waals surface area contributed by atoms with E-state index in [-0.39, 0.29) is 0 Å². The van der Waals surface area contributed by atoms with Gasteiger partial charge in [0.1, 0.15) is 0 Å². The first-order valence-corrected chi connectivity index (χ1v) is 8.52. The van der Waals surface area contributed by atoms with Crippen molar-refractivity contribution in [3.8, 4) is 0 Å². The Bertz CT molecular complexity index is 382. The van der Waals surface area contributed by atoms with Crippen LogP contribution in [0.2, 0.25) is 0 Å². The van der Waals surface area contributed by atoms with Crippen LogP contribution in [0.3, 0.4) is 0 Å². The topological polar surface area (TPSA) is 12.0 Å². The van der Waals surface area contributed by atoms with Gasteiger partial charge in [0.25, 0.3) is 0 Å². The number of benzene rings is 1. The minimum atomic E-state index is 0.552. The summed E-state index contributed by atoms with van der Waals surface area (Å²) in [5.41, 5.74) is 4.30. The second-order valence-electron chi connectivity index (χ2n) is 6.56. The SMILES string of the molecule is CCNC(c1cc(C)cc(C)c1)C1CCCCCCC1. The van der Waals surface area contributed by atoms with E-state index in [0.717, 1.165) is 12.5 Å². The van der Waals surface area contributed by atoms with E-state index in [9.17, 15) is 0 Å². The Labute approximate surface area is 125 Å². The van der Waals surface area contributed by atoms with Crippen LogP contribution in [0.15, 0.2) is 18.2 Å². The molecule has 1 nitrogen and oxygen atoms in total. The van der Waals surface area contributed by atoms with Gasteiger partial charge in [-0.05, 0) is 44.7 Å². The molecule has 1 saturated carbocycles. The zero-order valence-corrected chi connectivity index (χ0v) is 13.5. The summed E-state index contributed by atoms with van der Waals surface area (Å²) in [5.74, 6) is 0.816. The number of aryl methyl sites for hydroxylation is 2. The molecule has 1 N–H and O–H groups in total. The molecule has 1 atom stereocenters. The van der Waals surface area contributed by atoms with Crippen LogP contribution in [0, 0.1) is 19.8 Å². The quantitative estimate of drug-likeness (QED) is 0.783. The minimum absolute atomic E-state index is 0.552. The molecule has 0 bridgehead atoms. The molecule has 20 heavy (non-hydrogen) atoms. The van der Waals surface area contributed by atoms with Crippen molar-refractivity contribution in [3.05, 3.63) is 34.9 Å². The van der Waals surface area contributed by atoms with E-state index in [1.807, 2.05) is 0 Å². The molecule has 0 aliphatic heterocycles. The molecule has 0 spiro atoms. The lowest BCUT2D eigenvalue weighted by Gasteiger charge is -2.30.